The fraction of sp³-hybridized carbons (Fsp3) is 0.600. The third-order valence-electron chi connectivity index (χ3n) is 3.51. The molecule has 1 aromatic carbocycles. The highest BCUT2D eigenvalue weighted by atomic mass is 16.5. The zero-order valence-corrected chi connectivity index (χ0v) is 11.3. The van der Waals surface area contributed by atoms with Gasteiger partial charge < -0.3 is 10.1 Å². The van der Waals surface area contributed by atoms with Crippen LogP contribution in [0.1, 0.15) is 39.2 Å². The maximum absolute atomic E-state index is 5.20. The Kier molecular flexibility index (Phi) is 3.17. The van der Waals surface area contributed by atoms with Gasteiger partial charge in [-0.1, -0.05) is 12.1 Å². The van der Waals surface area contributed by atoms with Crippen molar-refractivity contribution in [1.82, 2.24) is 5.32 Å². The molecule has 0 unspecified atom stereocenters. The van der Waals surface area contributed by atoms with Crippen LogP contribution in [0.5, 0.6) is 5.75 Å². The van der Waals surface area contributed by atoms with Crippen LogP contribution >= 0.6 is 0 Å². The lowest BCUT2D eigenvalue weighted by Crippen LogP contribution is -2.40. The third-order valence-corrected chi connectivity index (χ3v) is 3.51. The van der Waals surface area contributed by atoms with E-state index in [2.05, 4.69) is 50.4 Å². The van der Waals surface area contributed by atoms with Crippen LogP contribution in [0.4, 0.5) is 0 Å². The Hall–Kier alpha value is -1.02. The van der Waals surface area contributed by atoms with Crippen molar-refractivity contribution in [1.29, 1.82) is 0 Å². The van der Waals surface area contributed by atoms with Gasteiger partial charge in [0.2, 0.25) is 0 Å². The Morgan fingerprint density at radius 3 is 2.18 bits per heavy atom. The van der Waals surface area contributed by atoms with Gasteiger partial charge in [-0.25, -0.2) is 0 Å². The molecular weight excluding hydrogens is 210 g/mol. The normalized spacial score (nSPS) is 17.9. The van der Waals surface area contributed by atoms with Crippen LogP contribution < -0.4 is 10.1 Å². The van der Waals surface area contributed by atoms with Crippen LogP contribution in [-0.2, 0) is 5.41 Å². The van der Waals surface area contributed by atoms with E-state index in [9.17, 15) is 0 Å². The fourth-order valence-electron chi connectivity index (χ4n) is 2.10. The second-order valence-corrected chi connectivity index (χ2v) is 6.11. The molecule has 0 heterocycles. The second-order valence-electron chi connectivity index (χ2n) is 6.11. The van der Waals surface area contributed by atoms with Crippen LogP contribution in [0, 0.1) is 0 Å². The van der Waals surface area contributed by atoms with Crippen LogP contribution in [-0.4, -0.2) is 19.2 Å². The highest BCUT2D eigenvalue weighted by Crippen LogP contribution is 2.48. The molecule has 0 aromatic heterocycles. The maximum atomic E-state index is 5.20. The molecule has 0 spiro atoms. The minimum atomic E-state index is 0.196. The van der Waals surface area contributed by atoms with Crippen molar-refractivity contribution in [2.45, 2.75) is 44.6 Å². The number of hydrogen-bond acceptors (Lipinski definition) is 2. The molecular formula is C15H23NO. The quantitative estimate of drug-likeness (QED) is 0.862. The van der Waals surface area contributed by atoms with Gasteiger partial charge in [0, 0.05) is 17.5 Å². The predicted octanol–water partition coefficient (Wildman–Crippen LogP) is 3.11. The van der Waals surface area contributed by atoms with Gasteiger partial charge in [0.1, 0.15) is 5.75 Å². The van der Waals surface area contributed by atoms with Crippen LogP contribution in [0.2, 0.25) is 0 Å². The second kappa shape index (κ2) is 4.34. The summed E-state index contributed by atoms with van der Waals surface area (Å²) in [6, 6.07) is 8.53. The Morgan fingerprint density at radius 1 is 1.18 bits per heavy atom. The molecule has 1 saturated carbocycles. The van der Waals surface area contributed by atoms with Crippen molar-refractivity contribution in [2.24, 2.45) is 0 Å². The van der Waals surface area contributed by atoms with E-state index in [1.54, 1.807) is 7.11 Å². The van der Waals surface area contributed by atoms with Crippen molar-refractivity contribution in [3.8, 4) is 5.75 Å². The van der Waals surface area contributed by atoms with E-state index in [-0.39, 0.29) is 5.54 Å². The Balaban J connectivity index is 2.05. The zero-order valence-electron chi connectivity index (χ0n) is 11.3. The molecule has 0 radical (unpaired) electrons. The van der Waals surface area contributed by atoms with Gasteiger partial charge >= 0.3 is 0 Å². The lowest BCUT2D eigenvalue weighted by molar-refractivity contribution is 0.398. The summed E-state index contributed by atoms with van der Waals surface area (Å²) in [5.41, 5.74) is 2.01. The van der Waals surface area contributed by atoms with E-state index in [0.717, 1.165) is 12.3 Å². The molecule has 0 amide bonds. The van der Waals surface area contributed by atoms with Crippen LogP contribution in [0.3, 0.4) is 0 Å². The highest BCUT2D eigenvalue weighted by Gasteiger charge is 2.44. The lowest BCUT2D eigenvalue weighted by Gasteiger charge is -2.25. The molecule has 1 aromatic rings. The summed E-state index contributed by atoms with van der Waals surface area (Å²) in [5, 5.41) is 3.62. The summed E-state index contributed by atoms with van der Waals surface area (Å²) >= 11 is 0. The van der Waals surface area contributed by atoms with E-state index in [1.165, 1.54) is 18.4 Å². The van der Waals surface area contributed by atoms with E-state index in [1.807, 2.05) is 0 Å². The summed E-state index contributed by atoms with van der Waals surface area (Å²) in [6.45, 7) is 7.73. The van der Waals surface area contributed by atoms with E-state index >= 15 is 0 Å². The molecule has 1 aliphatic rings. The number of ether oxygens (including phenoxy) is 1. The van der Waals surface area contributed by atoms with Gasteiger partial charge in [-0.05, 0) is 51.3 Å². The molecule has 17 heavy (non-hydrogen) atoms. The molecule has 2 rings (SSSR count). The number of rotatable bonds is 4. The van der Waals surface area contributed by atoms with Crippen molar-refractivity contribution in [2.75, 3.05) is 13.7 Å². The Morgan fingerprint density at radius 2 is 1.76 bits per heavy atom. The summed E-state index contributed by atoms with van der Waals surface area (Å²) in [6.07, 6.45) is 2.59. The maximum Gasteiger partial charge on any atom is 0.118 e. The van der Waals surface area contributed by atoms with Crippen LogP contribution in [0.25, 0.3) is 0 Å². The largest absolute Gasteiger partial charge is 0.497 e. The van der Waals surface area contributed by atoms with Gasteiger partial charge in [-0.15, -0.1) is 0 Å². The predicted molar refractivity (Wildman–Crippen MR) is 71.7 cm³/mol. The zero-order chi connectivity index (χ0) is 12.5. The standard InChI is InChI=1S/C15H23NO/c1-14(2,3)16-11-15(9-10-15)12-5-7-13(17-4)8-6-12/h5-8,16H,9-11H2,1-4H3. The number of nitrogens with one attached hydrogen (secondary N) is 1. The van der Waals surface area contributed by atoms with Gasteiger partial charge in [0.25, 0.3) is 0 Å². The smallest absolute Gasteiger partial charge is 0.118 e. The average Bonchev–Trinajstić information content (AvgIpc) is 3.07. The van der Waals surface area contributed by atoms with Crippen molar-refractivity contribution < 1.29 is 4.74 Å². The molecule has 1 aliphatic carbocycles. The van der Waals surface area contributed by atoms with E-state index in [4.69, 9.17) is 4.74 Å². The lowest BCUT2D eigenvalue weighted by atomic mass is 9.94. The first-order chi connectivity index (χ1) is 7.95. The topological polar surface area (TPSA) is 21.3 Å². The third kappa shape index (κ3) is 3.01. The molecule has 2 heteroatoms. The summed E-state index contributed by atoms with van der Waals surface area (Å²) in [5.74, 6) is 0.938. The molecule has 0 bridgehead atoms. The number of methoxy groups -OCH3 is 1. The van der Waals surface area contributed by atoms with Gasteiger partial charge in [-0.3, -0.25) is 0 Å². The number of hydrogen-bond donors (Lipinski definition) is 1. The fourth-order valence-corrected chi connectivity index (χ4v) is 2.10. The molecule has 0 aliphatic heterocycles. The first-order valence-electron chi connectivity index (χ1n) is 6.35. The molecule has 1 N–H and O–H groups in total. The van der Waals surface area contributed by atoms with Gasteiger partial charge in [0.05, 0.1) is 7.11 Å². The summed E-state index contributed by atoms with van der Waals surface area (Å²) < 4.78 is 5.20. The number of benzene rings is 1. The Labute approximate surface area is 104 Å². The molecule has 1 fully saturated rings. The van der Waals surface area contributed by atoms with Crippen molar-refractivity contribution >= 4 is 0 Å². The average molecular weight is 233 g/mol. The minimum absolute atomic E-state index is 0.196. The Bertz CT molecular complexity index is 371. The van der Waals surface area contributed by atoms with E-state index in [0.29, 0.717) is 5.41 Å². The molecule has 2 nitrogen and oxygen atoms in total. The van der Waals surface area contributed by atoms with Crippen molar-refractivity contribution in [3.63, 3.8) is 0 Å². The highest BCUT2D eigenvalue weighted by molar-refractivity contribution is 5.36. The van der Waals surface area contributed by atoms with Crippen LogP contribution in [0.15, 0.2) is 24.3 Å². The van der Waals surface area contributed by atoms with Gasteiger partial charge in [0.15, 0.2) is 0 Å². The van der Waals surface area contributed by atoms with E-state index < -0.39 is 0 Å². The molecule has 94 valence electrons. The first kappa shape index (κ1) is 12.4. The van der Waals surface area contributed by atoms with Gasteiger partial charge in [-0.2, -0.15) is 0 Å². The molecule has 0 atom stereocenters. The minimum Gasteiger partial charge on any atom is -0.497 e. The summed E-state index contributed by atoms with van der Waals surface area (Å²) in [4.78, 5) is 0. The SMILES string of the molecule is COc1ccc(C2(CNC(C)(C)C)CC2)cc1. The van der Waals surface area contributed by atoms with Crippen molar-refractivity contribution in [3.05, 3.63) is 29.8 Å². The monoisotopic (exact) mass is 233 g/mol. The molecule has 0 saturated heterocycles. The first-order valence-corrected chi connectivity index (χ1v) is 6.35. The summed E-state index contributed by atoms with van der Waals surface area (Å²) in [7, 11) is 1.71.